The lowest BCUT2D eigenvalue weighted by Gasteiger charge is -2.22. The number of urea groups is 1. The van der Waals surface area contributed by atoms with Crippen molar-refractivity contribution < 1.29 is 23.1 Å². The molecule has 0 aliphatic rings. The maximum Gasteiger partial charge on any atom is 0.416 e. The SMILES string of the molecule is CN(CC(O)C(F)(F)F)C(=O)Nc1ccc(C#N)c(Cl)c1. The predicted molar refractivity (Wildman–Crippen MR) is 69.9 cm³/mol. The summed E-state index contributed by atoms with van der Waals surface area (Å²) in [7, 11) is 1.11. The van der Waals surface area contributed by atoms with Crippen LogP contribution in [0.15, 0.2) is 18.2 Å². The first-order valence-corrected chi connectivity index (χ1v) is 5.99. The molecule has 1 atom stereocenters. The van der Waals surface area contributed by atoms with Crippen molar-refractivity contribution in [3.8, 4) is 6.07 Å². The highest BCUT2D eigenvalue weighted by molar-refractivity contribution is 6.32. The number of likely N-dealkylation sites (N-methyl/N-ethyl adjacent to an activating group) is 1. The number of nitrogens with one attached hydrogen (secondary N) is 1. The molecule has 1 unspecified atom stereocenters. The summed E-state index contributed by atoms with van der Waals surface area (Å²) >= 11 is 5.76. The molecule has 0 saturated carbocycles. The average molecular weight is 322 g/mol. The van der Waals surface area contributed by atoms with Gasteiger partial charge in [0, 0.05) is 12.7 Å². The fraction of sp³-hybridized carbons (Fsp3) is 0.333. The first kappa shape index (κ1) is 17.1. The third-order valence-corrected chi connectivity index (χ3v) is 2.82. The van der Waals surface area contributed by atoms with Crippen LogP contribution in [-0.4, -0.2) is 41.9 Å². The summed E-state index contributed by atoms with van der Waals surface area (Å²) in [5.41, 5.74) is 0.424. The molecule has 0 radical (unpaired) electrons. The van der Waals surface area contributed by atoms with E-state index in [0.29, 0.717) is 4.90 Å². The number of aliphatic hydroxyl groups is 1. The third-order valence-electron chi connectivity index (χ3n) is 2.51. The molecule has 0 fully saturated rings. The zero-order chi connectivity index (χ0) is 16.2. The second kappa shape index (κ2) is 6.65. The first-order chi connectivity index (χ1) is 9.65. The fourth-order valence-corrected chi connectivity index (χ4v) is 1.57. The molecular formula is C12H11ClF3N3O2. The smallest absolute Gasteiger partial charge is 0.382 e. The van der Waals surface area contributed by atoms with Crippen LogP contribution in [0.1, 0.15) is 5.56 Å². The van der Waals surface area contributed by atoms with Crippen LogP contribution in [0.4, 0.5) is 23.7 Å². The minimum atomic E-state index is -4.80. The molecule has 0 aromatic heterocycles. The molecule has 1 rings (SSSR count). The number of hydrogen-bond donors (Lipinski definition) is 2. The Morgan fingerprint density at radius 2 is 2.19 bits per heavy atom. The number of nitriles is 1. The highest BCUT2D eigenvalue weighted by Gasteiger charge is 2.39. The number of alkyl halides is 3. The molecule has 1 aromatic carbocycles. The van der Waals surface area contributed by atoms with E-state index in [-0.39, 0.29) is 16.3 Å². The zero-order valence-electron chi connectivity index (χ0n) is 10.8. The van der Waals surface area contributed by atoms with Crippen molar-refractivity contribution in [3.63, 3.8) is 0 Å². The minimum absolute atomic E-state index is 0.105. The molecule has 9 heteroatoms. The third kappa shape index (κ3) is 4.81. The van der Waals surface area contributed by atoms with Crippen LogP contribution in [0.25, 0.3) is 0 Å². The number of benzene rings is 1. The van der Waals surface area contributed by atoms with Gasteiger partial charge in [0.2, 0.25) is 0 Å². The van der Waals surface area contributed by atoms with Crippen LogP contribution >= 0.6 is 11.6 Å². The molecule has 0 spiro atoms. The maximum absolute atomic E-state index is 12.2. The van der Waals surface area contributed by atoms with Crippen LogP contribution in [0.2, 0.25) is 5.02 Å². The largest absolute Gasteiger partial charge is 0.416 e. The predicted octanol–water partition coefficient (Wildman–Crippen LogP) is 2.60. The number of amides is 2. The molecule has 114 valence electrons. The second-order valence-electron chi connectivity index (χ2n) is 4.17. The zero-order valence-corrected chi connectivity index (χ0v) is 11.5. The Hall–Kier alpha value is -1.98. The Balaban J connectivity index is 2.69. The molecule has 2 N–H and O–H groups in total. The molecule has 0 bridgehead atoms. The number of hydrogen-bond acceptors (Lipinski definition) is 3. The molecule has 0 aliphatic carbocycles. The van der Waals surface area contributed by atoms with Crippen LogP contribution in [0, 0.1) is 11.3 Å². The van der Waals surface area contributed by atoms with E-state index in [0.717, 1.165) is 7.05 Å². The molecule has 0 heterocycles. The Labute approximate surface area is 123 Å². The topological polar surface area (TPSA) is 76.4 Å². The van der Waals surface area contributed by atoms with Gasteiger partial charge >= 0.3 is 12.2 Å². The van der Waals surface area contributed by atoms with Gasteiger partial charge in [-0.2, -0.15) is 18.4 Å². The summed E-state index contributed by atoms with van der Waals surface area (Å²) in [5.74, 6) is 0. The van der Waals surface area contributed by atoms with E-state index >= 15 is 0 Å². The molecule has 0 aliphatic heterocycles. The van der Waals surface area contributed by atoms with Crippen molar-refractivity contribution in [2.75, 3.05) is 18.9 Å². The van der Waals surface area contributed by atoms with E-state index in [9.17, 15) is 18.0 Å². The maximum atomic E-state index is 12.2. The molecular weight excluding hydrogens is 311 g/mol. The van der Waals surface area contributed by atoms with Gasteiger partial charge in [0.1, 0.15) is 6.07 Å². The first-order valence-electron chi connectivity index (χ1n) is 5.61. The van der Waals surface area contributed by atoms with Crippen molar-refractivity contribution in [2.24, 2.45) is 0 Å². The number of aliphatic hydroxyl groups excluding tert-OH is 1. The van der Waals surface area contributed by atoms with Gasteiger partial charge in [0.25, 0.3) is 0 Å². The van der Waals surface area contributed by atoms with Crippen molar-refractivity contribution in [1.29, 1.82) is 5.26 Å². The van der Waals surface area contributed by atoms with Gasteiger partial charge in [0.15, 0.2) is 6.10 Å². The summed E-state index contributed by atoms with van der Waals surface area (Å²) in [6.07, 6.45) is -7.43. The lowest BCUT2D eigenvalue weighted by molar-refractivity contribution is -0.205. The van der Waals surface area contributed by atoms with E-state index in [1.54, 1.807) is 0 Å². The number of halogens is 4. The second-order valence-corrected chi connectivity index (χ2v) is 4.58. The Morgan fingerprint density at radius 1 is 1.57 bits per heavy atom. The highest BCUT2D eigenvalue weighted by atomic mass is 35.5. The van der Waals surface area contributed by atoms with Gasteiger partial charge in [-0.1, -0.05) is 11.6 Å². The standard InChI is InChI=1S/C12H11ClF3N3O2/c1-19(6-10(20)12(14,15)16)11(21)18-8-3-2-7(5-17)9(13)4-8/h2-4,10,20H,6H2,1H3,(H,18,21). The Morgan fingerprint density at radius 3 is 2.67 bits per heavy atom. The van der Waals surface area contributed by atoms with Gasteiger partial charge in [0.05, 0.1) is 17.1 Å². The quantitative estimate of drug-likeness (QED) is 0.898. The average Bonchev–Trinajstić information content (AvgIpc) is 2.37. The van der Waals surface area contributed by atoms with Crippen LogP contribution in [-0.2, 0) is 0 Å². The summed E-state index contributed by atoms with van der Waals surface area (Å²) < 4.78 is 36.5. The number of rotatable bonds is 3. The van der Waals surface area contributed by atoms with E-state index in [4.69, 9.17) is 22.0 Å². The summed E-state index contributed by atoms with van der Waals surface area (Å²) in [6.45, 7) is -0.903. The van der Waals surface area contributed by atoms with E-state index < -0.39 is 24.9 Å². The van der Waals surface area contributed by atoms with Crippen molar-refractivity contribution in [2.45, 2.75) is 12.3 Å². The molecule has 5 nitrogen and oxygen atoms in total. The normalized spacial score (nSPS) is 12.4. The summed E-state index contributed by atoms with van der Waals surface area (Å²) in [6, 6.07) is 5.03. The van der Waals surface area contributed by atoms with Gasteiger partial charge in [-0.25, -0.2) is 4.79 Å². The van der Waals surface area contributed by atoms with Crippen molar-refractivity contribution in [1.82, 2.24) is 4.90 Å². The molecule has 21 heavy (non-hydrogen) atoms. The Kier molecular flexibility index (Phi) is 5.41. The van der Waals surface area contributed by atoms with E-state index in [1.165, 1.54) is 18.2 Å². The monoisotopic (exact) mass is 321 g/mol. The molecule has 2 amide bonds. The minimum Gasteiger partial charge on any atom is -0.382 e. The summed E-state index contributed by atoms with van der Waals surface area (Å²) in [4.78, 5) is 12.4. The number of carbonyl (C=O) groups excluding carboxylic acids is 1. The van der Waals surface area contributed by atoms with Crippen molar-refractivity contribution in [3.05, 3.63) is 28.8 Å². The number of carbonyl (C=O) groups is 1. The number of anilines is 1. The highest BCUT2D eigenvalue weighted by Crippen LogP contribution is 2.22. The van der Waals surface area contributed by atoms with Gasteiger partial charge in [-0.3, -0.25) is 0 Å². The fourth-order valence-electron chi connectivity index (χ4n) is 1.35. The van der Waals surface area contributed by atoms with Gasteiger partial charge in [-0.05, 0) is 18.2 Å². The van der Waals surface area contributed by atoms with Gasteiger partial charge in [-0.15, -0.1) is 0 Å². The molecule has 1 aromatic rings. The molecule has 0 saturated heterocycles. The number of nitrogens with zero attached hydrogens (tertiary/aromatic N) is 2. The van der Waals surface area contributed by atoms with Gasteiger partial charge < -0.3 is 15.3 Å². The van der Waals surface area contributed by atoms with Crippen LogP contribution in [0.3, 0.4) is 0 Å². The van der Waals surface area contributed by atoms with Crippen molar-refractivity contribution >= 4 is 23.3 Å². The lowest BCUT2D eigenvalue weighted by atomic mass is 10.2. The Bertz CT molecular complexity index is 572. The van der Waals surface area contributed by atoms with Crippen LogP contribution in [0.5, 0.6) is 0 Å². The van der Waals surface area contributed by atoms with E-state index in [2.05, 4.69) is 5.32 Å². The van der Waals surface area contributed by atoms with Crippen LogP contribution < -0.4 is 5.32 Å². The summed E-state index contributed by atoms with van der Waals surface area (Å²) in [5, 5.41) is 20.0. The lowest BCUT2D eigenvalue weighted by Crippen LogP contribution is -2.43. The van der Waals surface area contributed by atoms with E-state index in [1.807, 2.05) is 6.07 Å².